The first-order valence-corrected chi connectivity index (χ1v) is 22.2. The van der Waals surface area contributed by atoms with Crippen LogP contribution in [0.5, 0.6) is 11.5 Å². The molecule has 4 heterocycles. The second-order valence-electron chi connectivity index (χ2n) is 16.7. The summed E-state index contributed by atoms with van der Waals surface area (Å²) in [5.74, 6) is -2.59. The summed E-state index contributed by atoms with van der Waals surface area (Å²) in [6.45, 7) is -0.0575. The highest BCUT2D eigenvalue weighted by Crippen LogP contribution is 2.50. The normalized spacial score (nSPS) is 31.6. The lowest BCUT2D eigenvalue weighted by atomic mass is 9.95. The number of carbonyl (C=O) groups is 4. The third-order valence-electron chi connectivity index (χ3n) is 12.5. The minimum Gasteiger partial charge on any atom is -0.484 e. The van der Waals surface area contributed by atoms with Gasteiger partial charge in [0.2, 0.25) is 21.8 Å². The van der Waals surface area contributed by atoms with Gasteiger partial charge in [0.1, 0.15) is 41.8 Å². The summed E-state index contributed by atoms with van der Waals surface area (Å²) in [4.78, 5) is 62.6. The Morgan fingerprint density at radius 2 is 1.79 bits per heavy atom. The highest BCUT2D eigenvalue weighted by Gasteiger charge is 2.62. The van der Waals surface area contributed by atoms with Gasteiger partial charge in [-0.1, -0.05) is 37.1 Å². The summed E-state index contributed by atoms with van der Waals surface area (Å²) >= 11 is 0. The van der Waals surface area contributed by atoms with Gasteiger partial charge in [-0.15, -0.1) is 0 Å². The van der Waals surface area contributed by atoms with Crippen molar-refractivity contribution in [3.05, 3.63) is 66.2 Å². The predicted molar refractivity (Wildman–Crippen MR) is 209 cm³/mol. The number of nitrogens with one attached hydrogen (secondary N) is 3. The summed E-state index contributed by atoms with van der Waals surface area (Å²) < 4.78 is 61.3. The van der Waals surface area contributed by atoms with E-state index in [4.69, 9.17) is 19.2 Å². The number of sulfonamides is 1. The lowest BCUT2D eigenvalue weighted by Crippen LogP contribution is -2.58. The quantitative estimate of drug-likeness (QED) is 0.326. The molecule has 3 saturated carbocycles. The van der Waals surface area contributed by atoms with Crippen LogP contribution >= 0.6 is 0 Å². The maximum atomic E-state index is 14.7. The van der Waals surface area contributed by atoms with Crippen LogP contribution in [0.25, 0.3) is 10.9 Å². The van der Waals surface area contributed by atoms with E-state index in [0.717, 1.165) is 38.5 Å². The zero-order chi connectivity index (χ0) is 40.2. The number of ether oxygens (including phenoxy) is 3. The lowest BCUT2D eigenvalue weighted by molar-refractivity contribution is -0.141. The Morgan fingerprint density at radius 3 is 2.60 bits per heavy atom. The van der Waals surface area contributed by atoms with Crippen molar-refractivity contribution in [2.75, 3.05) is 6.54 Å². The Morgan fingerprint density at radius 1 is 1.00 bits per heavy atom. The Labute approximate surface area is 336 Å². The molecule has 0 bridgehead atoms. The summed E-state index contributed by atoms with van der Waals surface area (Å²) in [7, 11) is -3.92. The van der Waals surface area contributed by atoms with E-state index in [1.54, 1.807) is 6.08 Å². The van der Waals surface area contributed by atoms with Gasteiger partial charge in [-0.25, -0.2) is 22.6 Å². The SMILES string of the molecule is O=C(N[C@H]1CCCCC/C=C\[C@@H]2C[C@@]2(C(=O)NS(=O)(=O)C2CC2)NC(=O)[C@@H]2C[C@@H](Oc3c4c(nc5ccccc35)C3C=C(F)C=CC3O4)CN2C1=O)OC1CCCC1. The van der Waals surface area contributed by atoms with Crippen molar-refractivity contribution >= 4 is 44.7 Å². The average Bonchev–Trinajstić information content (AvgIpc) is 4.02. The lowest BCUT2D eigenvalue weighted by Gasteiger charge is -2.30. The Bertz CT molecular complexity index is 2220. The van der Waals surface area contributed by atoms with Gasteiger partial charge in [0.15, 0.2) is 11.5 Å². The van der Waals surface area contributed by atoms with E-state index in [2.05, 4.69) is 15.4 Å². The maximum absolute atomic E-state index is 14.7. The molecule has 3 N–H and O–H groups in total. The molecule has 0 radical (unpaired) electrons. The number of alkyl carbamates (subject to hydrolysis) is 1. The fourth-order valence-electron chi connectivity index (χ4n) is 9.10. The molecule has 14 nitrogen and oxygen atoms in total. The van der Waals surface area contributed by atoms with Crippen LogP contribution in [0.3, 0.4) is 0 Å². The van der Waals surface area contributed by atoms with Crippen molar-refractivity contribution < 1.29 is 46.2 Å². The molecule has 1 saturated heterocycles. The predicted octanol–water partition coefficient (Wildman–Crippen LogP) is 4.89. The van der Waals surface area contributed by atoms with E-state index in [0.29, 0.717) is 60.2 Å². The Kier molecular flexibility index (Phi) is 10.2. The summed E-state index contributed by atoms with van der Waals surface area (Å²) in [5, 5.41) is 5.69. The molecule has 2 aromatic rings. The first-order valence-electron chi connectivity index (χ1n) is 20.6. The molecule has 0 spiro atoms. The van der Waals surface area contributed by atoms with Crippen molar-refractivity contribution in [2.24, 2.45) is 5.92 Å². The van der Waals surface area contributed by atoms with Crippen LogP contribution in [-0.2, 0) is 29.1 Å². The van der Waals surface area contributed by atoms with Crippen LogP contribution in [0.2, 0.25) is 0 Å². The number of amides is 4. The average molecular weight is 818 g/mol. The molecule has 308 valence electrons. The van der Waals surface area contributed by atoms with E-state index in [1.165, 1.54) is 17.1 Å². The number of halogens is 1. The molecular formula is C42H48FN5O9S. The first-order chi connectivity index (χ1) is 28.0. The van der Waals surface area contributed by atoms with Crippen molar-refractivity contribution in [3.8, 4) is 11.5 Å². The summed E-state index contributed by atoms with van der Waals surface area (Å²) in [5.41, 5.74) is -0.432. The van der Waals surface area contributed by atoms with E-state index < -0.39 is 86.6 Å². The number of fused-ring (bicyclic) bond motifs is 6. The van der Waals surface area contributed by atoms with Gasteiger partial charge in [0.25, 0.3) is 5.91 Å². The van der Waals surface area contributed by atoms with E-state index >= 15 is 0 Å². The second-order valence-corrected chi connectivity index (χ2v) is 18.7. The minimum absolute atomic E-state index is 0.00209. The van der Waals surface area contributed by atoms with Crippen molar-refractivity contribution in [2.45, 2.75) is 131 Å². The first kappa shape index (κ1) is 38.5. The topological polar surface area (TPSA) is 182 Å². The van der Waals surface area contributed by atoms with Crippen LogP contribution in [0.15, 0.2) is 60.5 Å². The third kappa shape index (κ3) is 7.55. The third-order valence-corrected chi connectivity index (χ3v) is 14.4. The number of allylic oxidation sites excluding steroid dienone is 3. The maximum Gasteiger partial charge on any atom is 0.408 e. The summed E-state index contributed by atoms with van der Waals surface area (Å²) in [6.07, 6.45) is 13.8. The van der Waals surface area contributed by atoms with Crippen LogP contribution in [0, 0.1) is 5.92 Å². The molecule has 7 aliphatic rings. The van der Waals surface area contributed by atoms with E-state index in [1.807, 2.05) is 36.4 Å². The van der Waals surface area contributed by atoms with Crippen molar-refractivity contribution in [1.82, 2.24) is 25.2 Å². The second kappa shape index (κ2) is 15.3. The molecule has 7 atom stereocenters. The van der Waals surface area contributed by atoms with E-state index in [9.17, 15) is 32.0 Å². The fraction of sp³-hybridized carbons (Fsp3) is 0.548. The van der Waals surface area contributed by atoms with Gasteiger partial charge < -0.3 is 29.7 Å². The van der Waals surface area contributed by atoms with Crippen LogP contribution in [0.4, 0.5) is 9.18 Å². The number of benzene rings is 1. The van der Waals surface area contributed by atoms with Gasteiger partial charge >= 0.3 is 6.09 Å². The number of aromatic nitrogens is 1. The number of pyridine rings is 1. The van der Waals surface area contributed by atoms with Crippen molar-refractivity contribution in [1.29, 1.82) is 0 Å². The summed E-state index contributed by atoms with van der Waals surface area (Å²) in [6, 6.07) is 5.14. The zero-order valence-corrected chi connectivity index (χ0v) is 32.9. The number of carbonyl (C=O) groups excluding carboxylic acids is 4. The Hall–Kier alpha value is -4.99. The number of hydrogen-bond donors (Lipinski definition) is 3. The zero-order valence-electron chi connectivity index (χ0n) is 32.1. The molecule has 9 rings (SSSR count). The molecule has 4 amide bonds. The molecule has 1 aromatic carbocycles. The monoisotopic (exact) mass is 817 g/mol. The molecular weight excluding hydrogens is 770 g/mol. The van der Waals surface area contributed by atoms with Crippen LogP contribution < -0.4 is 24.8 Å². The molecule has 16 heteroatoms. The van der Waals surface area contributed by atoms with Gasteiger partial charge in [0, 0.05) is 17.7 Å². The van der Waals surface area contributed by atoms with Crippen LogP contribution in [0.1, 0.15) is 95.1 Å². The van der Waals surface area contributed by atoms with E-state index in [-0.39, 0.29) is 25.5 Å². The molecule has 3 aliphatic heterocycles. The minimum atomic E-state index is -3.92. The molecule has 58 heavy (non-hydrogen) atoms. The smallest absolute Gasteiger partial charge is 0.408 e. The largest absolute Gasteiger partial charge is 0.484 e. The molecule has 4 fully saturated rings. The van der Waals surface area contributed by atoms with Gasteiger partial charge in [-0.2, -0.15) is 0 Å². The Balaban J connectivity index is 1.04. The highest BCUT2D eigenvalue weighted by molar-refractivity contribution is 7.91. The number of nitrogens with zero attached hydrogens (tertiary/aromatic N) is 2. The number of hydrogen-bond acceptors (Lipinski definition) is 10. The van der Waals surface area contributed by atoms with Crippen LogP contribution in [-0.4, -0.2) is 89.8 Å². The molecule has 2 unspecified atom stereocenters. The fourth-order valence-corrected chi connectivity index (χ4v) is 10.5. The highest BCUT2D eigenvalue weighted by atomic mass is 32.2. The molecule has 1 aromatic heterocycles. The van der Waals surface area contributed by atoms with Gasteiger partial charge in [0.05, 0.1) is 28.9 Å². The molecule has 4 aliphatic carbocycles. The van der Waals surface area contributed by atoms with Gasteiger partial charge in [-0.05, 0) is 94.6 Å². The number of para-hydroxylation sites is 1. The van der Waals surface area contributed by atoms with Crippen molar-refractivity contribution in [3.63, 3.8) is 0 Å². The number of rotatable bonds is 7. The van der Waals surface area contributed by atoms with Gasteiger partial charge in [-0.3, -0.25) is 19.1 Å². The standard InChI is InChI=1S/C42H48FN5O9S/c43-25-16-19-34-30(20-25)35-37(57-34)36(29-13-8-9-14-31(29)44-35)55-27-21-33-38(49)46-42(40(51)47-58(53,54)28-17-18-28)22-24(42)10-4-2-1-3-5-15-32(39(50)48(33)23-27)45-41(52)56-26-11-6-7-12-26/h4,8-10,13-14,16,19-20,24,26-28,30,32-34H,1-3,5-7,11-12,15,17-18,21-23H2,(H,45,52)(H,46,49)(H,47,51)/b10-4-/t24-,27-,30?,32+,33+,34?,42-/m1/s1.